The molecule has 4 N–H and O–H groups in total. The summed E-state index contributed by atoms with van der Waals surface area (Å²) in [6.07, 6.45) is 5.55. The lowest BCUT2D eigenvalue weighted by atomic mass is 10.1. The zero-order valence-electron chi connectivity index (χ0n) is 20.2. The van der Waals surface area contributed by atoms with Crippen molar-refractivity contribution in [2.75, 3.05) is 38.5 Å². The monoisotopic (exact) mass is 572 g/mol. The van der Waals surface area contributed by atoms with E-state index in [0.717, 1.165) is 66.6 Å². The van der Waals surface area contributed by atoms with Crippen molar-refractivity contribution in [3.8, 4) is 11.5 Å². The van der Waals surface area contributed by atoms with Crippen molar-refractivity contribution < 1.29 is 14.7 Å². The van der Waals surface area contributed by atoms with Crippen molar-refractivity contribution in [3.63, 3.8) is 0 Å². The average molecular weight is 574 g/mol. The van der Waals surface area contributed by atoms with Crippen LogP contribution in [0.4, 0.5) is 17.3 Å². The fourth-order valence-corrected chi connectivity index (χ4v) is 4.98. The van der Waals surface area contributed by atoms with Crippen LogP contribution in [0.5, 0.6) is 11.5 Å². The molecule has 0 atom stereocenters. The zero-order valence-corrected chi connectivity index (χ0v) is 21.8. The van der Waals surface area contributed by atoms with Crippen molar-refractivity contribution in [1.29, 1.82) is 0 Å². The van der Waals surface area contributed by atoms with Crippen molar-refractivity contribution in [2.45, 2.75) is 45.3 Å². The highest BCUT2D eigenvalue weighted by atomic mass is 79.9. The number of hydrogen-bond acceptors (Lipinski definition) is 8. The van der Waals surface area contributed by atoms with Gasteiger partial charge in [0.05, 0.1) is 22.7 Å². The molecule has 0 amide bonds. The second-order valence-corrected chi connectivity index (χ2v) is 10.3. The van der Waals surface area contributed by atoms with Crippen LogP contribution in [0.15, 0.2) is 41.0 Å². The van der Waals surface area contributed by atoms with Gasteiger partial charge in [-0.2, -0.15) is 0 Å². The molecule has 0 aliphatic carbocycles. The van der Waals surface area contributed by atoms with Gasteiger partial charge in [0, 0.05) is 22.1 Å². The first-order chi connectivity index (χ1) is 17.5. The fourth-order valence-electron chi connectivity index (χ4n) is 4.56. The number of nitroso groups, excluding NO2 is 1. The molecule has 0 saturated carbocycles. The van der Waals surface area contributed by atoms with E-state index in [1.807, 2.05) is 12.1 Å². The first-order valence-electron chi connectivity index (χ1n) is 12.3. The van der Waals surface area contributed by atoms with E-state index in [1.54, 1.807) is 18.3 Å². The molecule has 0 radical (unpaired) electrons. The van der Waals surface area contributed by atoms with Crippen molar-refractivity contribution in [2.24, 2.45) is 0 Å². The molecule has 2 aliphatic rings. The molecule has 0 unspecified atom stereocenters. The van der Waals surface area contributed by atoms with E-state index in [4.69, 9.17) is 4.74 Å². The smallest absolute Gasteiger partial charge is 0.295 e. The maximum absolute atomic E-state index is 12.6. The van der Waals surface area contributed by atoms with Crippen LogP contribution in [0.2, 0.25) is 0 Å². The topological polar surface area (TPSA) is 115 Å². The number of halogens is 1. The number of fused-ring (bicyclic) bond motifs is 1. The summed E-state index contributed by atoms with van der Waals surface area (Å²) in [7, 11) is 2.08. The van der Waals surface area contributed by atoms with Crippen LogP contribution < -0.4 is 20.8 Å². The molecule has 1 aromatic heterocycles. The van der Waals surface area contributed by atoms with Crippen LogP contribution in [0.3, 0.4) is 0 Å². The minimum Gasteiger partial charge on any atom is -0.506 e. The summed E-state index contributed by atoms with van der Waals surface area (Å²) in [5.41, 5.74) is 4.41. The Balaban J connectivity index is 0.00000320. The van der Waals surface area contributed by atoms with E-state index in [2.05, 4.69) is 53.9 Å². The molecule has 3 aromatic rings. The number of aromatic hydroxyl groups is 1. The Morgan fingerprint density at radius 2 is 1.92 bits per heavy atom. The van der Waals surface area contributed by atoms with Crippen molar-refractivity contribution >= 4 is 44.2 Å². The molecule has 3 heterocycles. The maximum atomic E-state index is 12.6. The second-order valence-electron chi connectivity index (χ2n) is 9.40. The van der Waals surface area contributed by atoms with Gasteiger partial charge in [-0.05, 0) is 77.1 Å². The quantitative estimate of drug-likeness (QED) is 0.183. The number of benzene rings is 2. The van der Waals surface area contributed by atoms with Gasteiger partial charge < -0.3 is 25.4 Å². The Morgan fingerprint density at radius 1 is 1.16 bits per heavy atom. The first kappa shape index (κ1) is 27.0. The van der Waals surface area contributed by atoms with Gasteiger partial charge in [-0.1, -0.05) is 23.4 Å². The highest BCUT2D eigenvalue weighted by molar-refractivity contribution is 9.10. The summed E-state index contributed by atoms with van der Waals surface area (Å²) in [5.74, 6) is 0.956. The highest BCUT2D eigenvalue weighted by Gasteiger charge is 2.25. The van der Waals surface area contributed by atoms with Crippen LogP contribution in [0, 0.1) is 4.91 Å². The van der Waals surface area contributed by atoms with Gasteiger partial charge in [-0.25, -0.2) is 9.97 Å². The normalized spacial score (nSPS) is 17.2. The van der Waals surface area contributed by atoms with Gasteiger partial charge in [-0.3, -0.25) is 0 Å². The summed E-state index contributed by atoms with van der Waals surface area (Å²) in [6, 6.07) is 8.70. The molecule has 198 valence electrons. The molecule has 2 fully saturated rings. The Hall–Kier alpha value is -3.02. The number of likely N-dealkylation sites (tertiary alicyclic amines) is 1. The molecule has 2 aromatic carbocycles. The van der Waals surface area contributed by atoms with Crippen LogP contribution in [-0.4, -0.2) is 70.2 Å². The average Bonchev–Trinajstić information content (AvgIpc) is 2.89. The third kappa shape index (κ3) is 6.46. The Bertz CT molecular complexity index is 1240. The number of ether oxygens (including phenoxy) is 1. The number of nitrogens with zero attached hydrogens (tertiary/aromatic N) is 4. The predicted molar refractivity (Wildman–Crippen MR) is 149 cm³/mol. The van der Waals surface area contributed by atoms with Crippen LogP contribution in [-0.2, 0) is 0 Å². The van der Waals surface area contributed by atoms with E-state index in [9.17, 15) is 10.0 Å². The van der Waals surface area contributed by atoms with Gasteiger partial charge in [0.1, 0.15) is 23.1 Å². The van der Waals surface area contributed by atoms with Gasteiger partial charge in [0.25, 0.3) is 5.69 Å². The molecule has 11 heteroatoms. The van der Waals surface area contributed by atoms with E-state index < -0.39 is 0 Å². The second kappa shape index (κ2) is 12.0. The molecule has 0 bridgehead atoms. The number of phenolic OH excluding ortho intramolecular Hbond substituents is 1. The van der Waals surface area contributed by atoms with E-state index in [1.165, 1.54) is 6.07 Å². The van der Waals surface area contributed by atoms with Gasteiger partial charge in [0.15, 0.2) is 4.87 Å². The largest absolute Gasteiger partial charge is 0.506 e. The molecular weight excluding hydrogens is 538 g/mol. The Labute approximate surface area is 225 Å². The molecular formula is C26H35BrN7O3+. The lowest BCUT2D eigenvalue weighted by molar-refractivity contribution is -0.536. The van der Waals surface area contributed by atoms with Gasteiger partial charge in [-0.15, -0.1) is 5.43 Å². The van der Waals surface area contributed by atoms with Crippen LogP contribution in [0.1, 0.15) is 33.1 Å². The lowest BCUT2D eigenvalue weighted by Gasteiger charge is -2.26. The van der Waals surface area contributed by atoms with E-state index in [0.29, 0.717) is 28.6 Å². The number of hydrogen-bond donors (Lipinski definition) is 4. The lowest BCUT2D eigenvalue weighted by Crippen LogP contribution is -2.43. The number of anilines is 2. The van der Waals surface area contributed by atoms with Crippen LogP contribution in [0.25, 0.3) is 10.9 Å². The van der Waals surface area contributed by atoms with Gasteiger partial charge >= 0.3 is 0 Å². The molecule has 2 saturated heterocycles. The number of aromatic nitrogens is 2. The summed E-state index contributed by atoms with van der Waals surface area (Å²) in [4.78, 5) is 24.7. The third-order valence-electron chi connectivity index (χ3n) is 6.72. The standard InChI is InChI=1S/C25H30BrN7O3.CH4/c1-32-12-8-16(9-13-32)31-33(35)17-2-4-21(22(34)14-17)29-25-28-15-19-20(26)3-5-23(24(19)30-25)36-18-6-10-27-11-7-18;/h2-5,14-16,18,27H,6-13H2,1H3,(H2-,28,29,30,31,34,35);1H4/p+1. The highest BCUT2D eigenvalue weighted by Crippen LogP contribution is 2.34. The van der Waals surface area contributed by atoms with Crippen LogP contribution >= 0.6 is 15.9 Å². The number of phenols is 1. The first-order valence-corrected chi connectivity index (χ1v) is 13.1. The Kier molecular flexibility index (Phi) is 8.78. The number of nitrogens with one attached hydrogen (secondary N) is 3. The summed E-state index contributed by atoms with van der Waals surface area (Å²) < 4.78 is 7.16. The van der Waals surface area contributed by atoms with E-state index >= 15 is 0 Å². The minimum absolute atomic E-state index is 0. The third-order valence-corrected chi connectivity index (χ3v) is 7.41. The summed E-state index contributed by atoms with van der Waals surface area (Å²) in [6.45, 7) is 3.77. The van der Waals surface area contributed by atoms with Crippen molar-refractivity contribution in [3.05, 3.63) is 45.9 Å². The van der Waals surface area contributed by atoms with E-state index in [-0.39, 0.29) is 25.3 Å². The maximum Gasteiger partial charge on any atom is 0.295 e. The Morgan fingerprint density at radius 3 is 2.65 bits per heavy atom. The molecule has 0 spiro atoms. The predicted octanol–water partition coefficient (Wildman–Crippen LogP) is 4.62. The number of hydrazine groups is 1. The molecule has 10 nitrogen and oxygen atoms in total. The summed E-state index contributed by atoms with van der Waals surface area (Å²) in [5, 5.41) is 17.9. The molecule has 2 aliphatic heterocycles. The fraction of sp³-hybridized carbons (Fsp3) is 0.462. The molecule has 5 rings (SSSR count). The molecule has 37 heavy (non-hydrogen) atoms. The SMILES string of the molecule is C.CN1CCC(N[N+](=O)c2ccc(Nc3ncc4c(Br)ccc(OC5CCNCC5)c4n3)c(O)c2)CC1. The van der Waals surface area contributed by atoms with Crippen molar-refractivity contribution in [1.82, 2.24) is 25.6 Å². The zero-order chi connectivity index (χ0) is 25.1. The summed E-state index contributed by atoms with van der Waals surface area (Å²) >= 11 is 3.57. The number of rotatable bonds is 7. The van der Waals surface area contributed by atoms with Gasteiger partial charge in [0.2, 0.25) is 5.95 Å². The minimum atomic E-state index is -0.0670. The number of piperidine rings is 2.